The first-order chi connectivity index (χ1) is 18.2. The summed E-state index contributed by atoms with van der Waals surface area (Å²) < 4.78 is 13.1. The number of nitrogens with zero attached hydrogens (tertiary/aromatic N) is 3. The molecule has 40 heavy (non-hydrogen) atoms. The molecule has 2 aliphatic rings. The summed E-state index contributed by atoms with van der Waals surface area (Å²) in [5.74, 6) is -0.445. The predicted molar refractivity (Wildman–Crippen MR) is 157 cm³/mol. The summed E-state index contributed by atoms with van der Waals surface area (Å²) in [5, 5.41) is 3.69. The number of alkyl carbamates (subject to hydrolysis) is 1. The molecule has 2 unspecified atom stereocenters. The van der Waals surface area contributed by atoms with Gasteiger partial charge in [-0.3, -0.25) is 4.79 Å². The number of Topliss-reactive ketones (excluding diaryl/α,β-unsaturated/α-hetero) is 1. The molecule has 9 nitrogen and oxygen atoms in total. The fourth-order valence-electron chi connectivity index (χ4n) is 5.34. The molecule has 0 bridgehead atoms. The normalized spacial score (nSPS) is 19.8. The average Bonchev–Trinajstić information content (AvgIpc) is 3.33. The standard InChI is InChI=1S/C30H42N4O5.ClH/c1-19-33(17-20-13-14-23-24(25(20)35)21-11-9-10-12-22(21)32(23)8)15-16-34(19)18-38-27(36)26(29(2,3)4)31-28(37)39-30(5,6)7;/h9-12,15-16,19-20,26H,13-14,17-18H2,1-8H3,(H,31,37);1H/t19?,20?,26-;/m1./s1. The third-order valence-corrected chi connectivity index (χ3v) is 7.53. The molecule has 0 saturated carbocycles. The molecule has 1 N–H and O–H groups in total. The number of aryl methyl sites for hydroxylation is 1. The van der Waals surface area contributed by atoms with Crippen LogP contribution in [0.2, 0.25) is 0 Å². The highest BCUT2D eigenvalue weighted by atomic mass is 35.5. The molecule has 10 heteroatoms. The minimum Gasteiger partial charge on any atom is -0.444 e. The van der Waals surface area contributed by atoms with Gasteiger partial charge in [-0.1, -0.05) is 39.0 Å². The number of hydrogen-bond donors (Lipinski definition) is 1. The topological polar surface area (TPSA) is 93.1 Å². The molecular weight excluding hydrogens is 532 g/mol. The maximum atomic E-state index is 13.6. The van der Waals surface area contributed by atoms with Crippen LogP contribution in [0.1, 0.15) is 70.9 Å². The number of rotatable bonds is 6. The summed E-state index contributed by atoms with van der Waals surface area (Å²) >= 11 is 0. The second-order valence-corrected chi connectivity index (χ2v) is 12.7. The maximum Gasteiger partial charge on any atom is 0.408 e. The fourth-order valence-corrected chi connectivity index (χ4v) is 5.34. The van der Waals surface area contributed by atoms with E-state index in [0.29, 0.717) is 6.54 Å². The van der Waals surface area contributed by atoms with Gasteiger partial charge in [0.2, 0.25) is 0 Å². The van der Waals surface area contributed by atoms with Gasteiger partial charge in [-0.25, -0.2) is 9.59 Å². The third kappa shape index (κ3) is 6.57. The van der Waals surface area contributed by atoms with Crippen LogP contribution in [0.15, 0.2) is 36.7 Å². The van der Waals surface area contributed by atoms with E-state index < -0.39 is 29.1 Å². The predicted octanol–water partition coefficient (Wildman–Crippen LogP) is 5.22. The van der Waals surface area contributed by atoms with E-state index in [1.807, 2.05) is 70.2 Å². The van der Waals surface area contributed by atoms with Crippen LogP contribution in [0.25, 0.3) is 10.9 Å². The van der Waals surface area contributed by atoms with Gasteiger partial charge >= 0.3 is 12.1 Å². The lowest BCUT2D eigenvalue weighted by molar-refractivity contribution is -0.154. The molecule has 1 aromatic heterocycles. The molecule has 0 saturated heterocycles. The Balaban J connectivity index is 0.00000441. The van der Waals surface area contributed by atoms with Crippen molar-refractivity contribution in [1.29, 1.82) is 0 Å². The molecule has 1 amide bonds. The van der Waals surface area contributed by atoms with Crippen molar-refractivity contribution in [2.45, 2.75) is 79.1 Å². The molecule has 0 radical (unpaired) electrons. The number of para-hydroxylation sites is 1. The van der Waals surface area contributed by atoms with E-state index in [0.717, 1.165) is 35.0 Å². The van der Waals surface area contributed by atoms with Gasteiger partial charge in [0.25, 0.3) is 0 Å². The highest BCUT2D eigenvalue weighted by Gasteiger charge is 2.37. The third-order valence-electron chi connectivity index (χ3n) is 7.53. The Morgan fingerprint density at radius 1 is 1.07 bits per heavy atom. The number of ether oxygens (including phenoxy) is 2. The Morgan fingerprint density at radius 3 is 2.38 bits per heavy atom. The second kappa shape index (κ2) is 11.7. The first kappa shape index (κ1) is 31.3. The number of carbonyl (C=O) groups is 3. The number of fused-ring (bicyclic) bond motifs is 3. The van der Waals surface area contributed by atoms with E-state index >= 15 is 0 Å². The highest BCUT2D eigenvalue weighted by molar-refractivity contribution is 6.11. The van der Waals surface area contributed by atoms with Gasteiger partial charge in [0.05, 0.1) is 0 Å². The summed E-state index contributed by atoms with van der Waals surface area (Å²) in [7, 11) is 2.03. The first-order valence-corrected chi connectivity index (χ1v) is 13.6. The first-order valence-electron chi connectivity index (χ1n) is 13.6. The second-order valence-electron chi connectivity index (χ2n) is 12.7. The van der Waals surface area contributed by atoms with Crippen molar-refractivity contribution < 1.29 is 23.9 Å². The van der Waals surface area contributed by atoms with Crippen molar-refractivity contribution in [3.05, 3.63) is 47.9 Å². The largest absolute Gasteiger partial charge is 0.444 e. The van der Waals surface area contributed by atoms with Crippen molar-refractivity contribution in [1.82, 2.24) is 19.7 Å². The average molecular weight is 575 g/mol. The van der Waals surface area contributed by atoms with Gasteiger partial charge in [0.1, 0.15) is 17.8 Å². The zero-order valence-corrected chi connectivity index (χ0v) is 25.6. The molecule has 1 aliphatic carbocycles. The van der Waals surface area contributed by atoms with Crippen LogP contribution in [-0.2, 0) is 27.7 Å². The van der Waals surface area contributed by atoms with Crippen LogP contribution in [0, 0.1) is 11.3 Å². The smallest absolute Gasteiger partial charge is 0.408 e. The number of carbonyl (C=O) groups excluding carboxylic acids is 3. The lowest BCUT2D eigenvalue weighted by Gasteiger charge is -2.34. The van der Waals surface area contributed by atoms with Crippen LogP contribution in [0.5, 0.6) is 0 Å². The molecule has 2 heterocycles. The number of nitrogens with one attached hydrogen (secondary N) is 1. The summed E-state index contributed by atoms with van der Waals surface area (Å²) in [6.45, 7) is 13.5. The molecule has 2 aromatic rings. The number of benzene rings is 1. The number of amides is 1. The zero-order chi connectivity index (χ0) is 28.7. The summed E-state index contributed by atoms with van der Waals surface area (Å²) in [6, 6.07) is 7.21. The van der Waals surface area contributed by atoms with E-state index in [-0.39, 0.29) is 37.0 Å². The number of halogens is 1. The van der Waals surface area contributed by atoms with Crippen LogP contribution in [0.4, 0.5) is 4.79 Å². The Bertz CT molecular complexity index is 1290. The van der Waals surface area contributed by atoms with Crippen molar-refractivity contribution in [3.63, 3.8) is 0 Å². The molecule has 220 valence electrons. The Morgan fingerprint density at radius 2 is 1.73 bits per heavy atom. The zero-order valence-electron chi connectivity index (χ0n) is 24.8. The van der Waals surface area contributed by atoms with Gasteiger partial charge in [-0.15, -0.1) is 12.4 Å². The van der Waals surface area contributed by atoms with E-state index in [1.165, 1.54) is 0 Å². The fraction of sp³-hybridized carbons (Fsp3) is 0.567. The number of aromatic nitrogens is 1. The number of esters is 1. The van der Waals surface area contributed by atoms with Gasteiger partial charge in [-0.2, -0.15) is 0 Å². The lowest BCUT2D eigenvalue weighted by Crippen LogP contribution is -2.52. The minimum atomic E-state index is -0.875. The number of ketones is 1. The summed E-state index contributed by atoms with van der Waals surface area (Å²) in [6.07, 6.45) is 4.74. The molecule has 1 aromatic carbocycles. The molecule has 0 fully saturated rings. The molecule has 4 rings (SSSR count). The lowest BCUT2D eigenvalue weighted by atomic mass is 9.84. The van der Waals surface area contributed by atoms with Gasteiger partial charge in [-0.05, 0) is 52.0 Å². The van der Waals surface area contributed by atoms with Gasteiger partial charge < -0.3 is 29.2 Å². The van der Waals surface area contributed by atoms with E-state index in [2.05, 4.69) is 20.9 Å². The van der Waals surface area contributed by atoms with Crippen molar-refractivity contribution in [2.75, 3.05) is 13.3 Å². The van der Waals surface area contributed by atoms with Crippen molar-refractivity contribution in [2.24, 2.45) is 18.4 Å². The quantitative estimate of drug-likeness (QED) is 0.473. The molecular formula is C30H43ClN4O5. The van der Waals surface area contributed by atoms with Crippen LogP contribution < -0.4 is 5.32 Å². The SMILES string of the molecule is CC1N(COC(=O)[C@@H](NC(=O)OC(C)(C)C)C(C)(C)C)C=CN1CC1CCc2c(c3ccccc3n2C)C1=O.Cl. The molecule has 0 spiro atoms. The summed E-state index contributed by atoms with van der Waals surface area (Å²) in [4.78, 5) is 43.0. The molecule has 3 atom stereocenters. The van der Waals surface area contributed by atoms with E-state index in [9.17, 15) is 14.4 Å². The number of hydrogen-bond acceptors (Lipinski definition) is 7. The highest BCUT2D eigenvalue weighted by Crippen LogP contribution is 2.34. The van der Waals surface area contributed by atoms with Crippen molar-refractivity contribution in [3.8, 4) is 0 Å². The van der Waals surface area contributed by atoms with E-state index in [1.54, 1.807) is 20.8 Å². The molecule has 1 aliphatic heterocycles. The van der Waals surface area contributed by atoms with Crippen LogP contribution >= 0.6 is 12.4 Å². The Kier molecular flexibility index (Phi) is 9.19. The monoisotopic (exact) mass is 574 g/mol. The van der Waals surface area contributed by atoms with Gasteiger partial charge in [0, 0.05) is 54.1 Å². The van der Waals surface area contributed by atoms with Crippen LogP contribution in [0.3, 0.4) is 0 Å². The Hall–Kier alpha value is -3.20. The van der Waals surface area contributed by atoms with E-state index in [4.69, 9.17) is 9.47 Å². The van der Waals surface area contributed by atoms with Gasteiger partial charge in [0.15, 0.2) is 12.5 Å². The summed E-state index contributed by atoms with van der Waals surface area (Å²) in [5.41, 5.74) is 1.81. The van der Waals surface area contributed by atoms with Crippen molar-refractivity contribution >= 4 is 41.2 Å². The maximum absolute atomic E-state index is 13.6. The Labute approximate surface area is 243 Å². The minimum absolute atomic E-state index is 0. The van der Waals surface area contributed by atoms with Crippen LogP contribution in [-0.4, -0.2) is 63.3 Å².